The van der Waals surface area contributed by atoms with Gasteiger partial charge in [-0.1, -0.05) is 30.3 Å². The first kappa shape index (κ1) is 35.0. The van der Waals surface area contributed by atoms with Crippen LogP contribution in [0.3, 0.4) is 0 Å². The molecule has 4 rings (SSSR count). The maximum Gasteiger partial charge on any atom is 0.336 e. The van der Waals surface area contributed by atoms with Gasteiger partial charge in [-0.05, 0) is 31.0 Å². The Bertz CT molecular complexity index is 1590. The lowest BCUT2D eigenvalue weighted by Crippen LogP contribution is -2.34. The molecule has 13 heteroatoms. The fourth-order valence-corrected chi connectivity index (χ4v) is 4.70. The third-order valence-corrected chi connectivity index (χ3v) is 7.06. The van der Waals surface area contributed by atoms with Gasteiger partial charge in [0.25, 0.3) is 17.7 Å². The van der Waals surface area contributed by atoms with Crippen molar-refractivity contribution < 1.29 is 42.5 Å². The molecule has 0 saturated carbocycles. The lowest BCUT2D eigenvalue weighted by molar-refractivity contribution is -0.137. The first-order valence-electron chi connectivity index (χ1n) is 15.4. The van der Waals surface area contributed by atoms with Crippen molar-refractivity contribution in [2.45, 2.75) is 25.9 Å². The second-order valence-electron chi connectivity index (χ2n) is 10.6. The summed E-state index contributed by atoms with van der Waals surface area (Å²) in [6.07, 6.45) is 2.11. The summed E-state index contributed by atoms with van der Waals surface area (Å²) in [4.78, 5) is 60.9. The normalized spacial score (nSPS) is 13.3. The molecule has 250 valence electrons. The van der Waals surface area contributed by atoms with E-state index in [9.17, 15) is 24.0 Å². The van der Waals surface area contributed by atoms with Gasteiger partial charge in [0.2, 0.25) is 12.0 Å². The number of fused-ring (bicyclic) bond motifs is 1. The Morgan fingerprint density at radius 1 is 0.809 bits per heavy atom. The van der Waals surface area contributed by atoms with Crippen LogP contribution in [0.1, 0.15) is 30.1 Å². The maximum atomic E-state index is 13.1. The Balaban J connectivity index is 1.04. The van der Waals surface area contributed by atoms with Gasteiger partial charge in [0, 0.05) is 61.3 Å². The number of amides is 4. The Labute approximate surface area is 271 Å². The topological polar surface area (TPSA) is 163 Å². The first-order chi connectivity index (χ1) is 22.8. The van der Waals surface area contributed by atoms with Crippen LogP contribution >= 0.6 is 0 Å². The van der Waals surface area contributed by atoms with Gasteiger partial charge in [-0.25, -0.2) is 4.79 Å². The third-order valence-electron chi connectivity index (χ3n) is 7.06. The molecule has 2 heterocycles. The average Bonchev–Trinajstić information content (AvgIpc) is 3.38. The zero-order valence-corrected chi connectivity index (χ0v) is 26.2. The van der Waals surface area contributed by atoms with E-state index in [1.807, 2.05) is 25.1 Å². The van der Waals surface area contributed by atoms with Crippen LogP contribution < -0.4 is 21.0 Å². The first-order valence-corrected chi connectivity index (χ1v) is 15.4. The minimum absolute atomic E-state index is 0.176. The summed E-state index contributed by atoms with van der Waals surface area (Å²) in [5.74, 6) is -0.840. The molecular formula is C34H39N3O10. The smallest absolute Gasteiger partial charge is 0.336 e. The lowest BCUT2D eigenvalue weighted by atomic mass is 10.1. The minimum Gasteiger partial charge on any atom is -0.476 e. The molecule has 3 aromatic rings. The van der Waals surface area contributed by atoms with Crippen molar-refractivity contribution in [2.75, 3.05) is 59.3 Å². The number of nitrogens with zero attached hydrogens (tertiary/aromatic N) is 1. The Morgan fingerprint density at radius 3 is 2.13 bits per heavy atom. The summed E-state index contributed by atoms with van der Waals surface area (Å²) >= 11 is 0. The molecule has 1 aliphatic rings. The number of hydrogen-bond acceptors (Lipinski definition) is 10. The molecule has 1 unspecified atom stereocenters. The van der Waals surface area contributed by atoms with E-state index in [2.05, 4.69) is 10.6 Å². The quantitative estimate of drug-likeness (QED) is 0.105. The van der Waals surface area contributed by atoms with Gasteiger partial charge < -0.3 is 34.0 Å². The second kappa shape index (κ2) is 18.3. The number of aryl methyl sites for hydroxylation is 1. The number of nitrogens with one attached hydrogen (secondary N) is 2. The second-order valence-corrected chi connectivity index (χ2v) is 10.6. The maximum absolute atomic E-state index is 13.1. The SMILES string of the molecule is Cc1cc(=O)oc2cc(OC(C(=O)NCCOCCOCCOCCNC(=O)CCCN3C(=O)C=CC3=O)c3ccccc3)ccc12. The van der Waals surface area contributed by atoms with Crippen molar-refractivity contribution in [1.82, 2.24) is 15.5 Å². The van der Waals surface area contributed by atoms with Crippen LogP contribution in [0.15, 0.2) is 76.0 Å². The van der Waals surface area contributed by atoms with Crippen LogP contribution in [0.4, 0.5) is 0 Å². The van der Waals surface area contributed by atoms with E-state index < -0.39 is 11.7 Å². The summed E-state index contributed by atoms with van der Waals surface area (Å²) in [7, 11) is 0. The summed E-state index contributed by atoms with van der Waals surface area (Å²) < 4.78 is 27.9. The number of carbonyl (C=O) groups is 4. The molecule has 1 aromatic heterocycles. The van der Waals surface area contributed by atoms with Crippen molar-refractivity contribution in [3.63, 3.8) is 0 Å². The summed E-state index contributed by atoms with van der Waals surface area (Å²) in [6.45, 7) is 4.62. The highest BCUT2D eigenvalue weighted by molar-refractivity contribution is 6.12. The van der Waals surface area contributed by atoms with E-state index in [1.54, 1.807) is 30.3 Å². The van der Waals surface area contributed by atoms with Gasteiger partial charge in [-0.2, -0.15) is 0 Å². The predicted octanol–water partition coefficient (Wildman–Crippen LogP) is 2.21. The number of hydrogen-bond donors (Lipinski definition) is 2. The van der Waals surface area contributed by atoms with E-state index in [-0.39, 0.29) is 49.7 Å². The molecular weight excluding hydrogens is 610 g/mol. The van der Waals surface area contributed by atoms with Crippen LogP contribution in [0.25, 0.3) is 11.0 Å². The number of rotatable bonds is 20. The molecule has 0 fully saturated rings. The molecule has 1 atom stereocenters. The summed E-state index contributed by atoms with van der Waals surface area (Å²) in [6, 6.07) is 15.6. The number of imide groups is 1. The van der Waals surface area contributed by atoms with Crippen LogP contribution in [0, 0.1) is 6.92 Å². The van der Waals surface area contributed by atoms with Crippen molar-refractivity contribution >= 4 is 34.6 Å². The minimum atomic E-state index is -0.932. The molecule has 1 aliphatic heterocycles. The van der Waals surface area contributed by atoms with Crippen molar-refractivity contribution in [1.29, 1.82) is 0 Å². The zero-order valence-electron chi connectivity index (χ0n) is 26.2. The number of ether oxygens (including phenoxy) is 4. The van der Waals surface area contributed by atoms with Gasteiger partial charge in [-0.15, -0.1) is 0 Å². The highest BCUT2D eigenvalue weighted by Crippen LogP contribution is 2.27. The fraction of sp³-hybridized carbons (Fsp3) is 0.382. The van der Waals surface area contributed by atoms with Gasteiger partial charge in [0.05, 0.1) is 39.6 Å². The monoisotopic (exact) mass is 649 g/mol. The highest BCUT2D eigenvalue weighted by atomic mass is 16.5. The van der Waals surface area contributed by atoms with Crippen LogP contribution in [-0.2, 0) is 33.4 Å². The largest absolute Gasteiger partial charge is 0.476 e. The molecule has 0 aliphatic carbocycles. The fourth-order valence-electron chi connectivity index (χ4n) is 4.70. The van der Waals surface area contributed by atoms with E-state index in [1.165, 1.54) is 18.2 Å². The Hall–Kier alpha value is -4.85. The standard InChI is InChI=1S/C34H39N3O10/c1-24-22-32(41)47-28-23-26(9-10-27(24)28)46-33(25-6-3-2-4-7-25)34(42)36-14-17-44-19-21-45-20-18-43-16-13-35-29(38)8-5-15-37-30(39)11-12-31(37)40/h2-4,6-7,9-12,22-23,33H,5,8,13-21H2,1H3,(H,35,38)(H,36,42). The van der Waals surface area contributed by atoms with Crippen molar-refractivity contribution in [3.8, 4) is 5.75 Å². The summed E-state index contributed by atoms with van der Waals surface area (Å²) in [5.41, 5.74) is 1.38. The van der Waals surface area contributed by atoms with Crippen LogP contribution in [-0.4, -0.2) is 87.8 Å². The molecule has 0 radical (unpaired) electrons. The lowest BCUT2D eigenvalue weighted by Gasteiger charge is -2.19. The highest BCUT2D eigenvalue weighted by Gasteiger charge is 2.24. The molecule has 0 bridgehead atoms. The van der Waals surface area contributed by atoms with Gasteiger partial charge >= 0.3 is 5.63 Å². The van der Waals surface area contributed by atoms with Gasteiger partial charge in [0.15, 0.2) is 0 Å². The van der Waals surface area contributed by atoms with E-state index >= 15 is 0 Å². The van der Waals surface area contributed by atoms with Gasteiger partial charge in [0.1, 0.15) is 11.3 Å². The molecule has 47 heavy (non-hydrogen) atoms. The number of carbonyl (C=O) groups excluding carboxylic acids is 4. The van der Waals surface area contributed by atoms with Crippen LogP contribution in [0.5, 0.6) is 5.75 Å². The summed E-state index contributed by atoms with van der Waals surface area (Å²) in [5, 5.41) is 6.35. The van der Waals surface area contributed by atoms with E-state index in [0.717, 1.165) is 15.8 Å². The molecule has 2 aromatic carbocycles. The van der Waals surface area contributed by atoms with Gasteiger partial charge in [-0.3, -0.25) is 24.1 Å². The van der Waals surface area contributed by atoms with Crippen molar-refractivity contribution in [3.05, 3.63) is 88.3 Å². The van der Waals surface area contributed by atoms with Crippen molar-refractivity contribution in [2.24, 2.45) is 0 Å². The number of benzene rings is 2. The average molecular weight is 650 g/mol. The molecule has 4 amide bonds. The van der Waals surface area contributed by atoms with E-state index in [4.69, 9.17) is 23.4 Å². The molecule has 0 spiro atoms. The molecule has 0 saturated heterocycles. The Morgan fingerprint density at radius 2 is 1.45 bits per heavy atom. The third kappa shape index (κ3) is 11.2. The Kier molecular flexibility index (Phi) is 13.7. The van der Waals surface area contributed by atoms with Crippen LogP contribution in [0.2, 0.25) is 0 Å². The molecule has 2 N–H and O–H groups in total. The predicted molar refractivity (Wildman–Crippen MR) is 171 cm³/mol. The molecule has 13 nitrogen and oxygen atoms in total. The van der Waals surface area contributed by atoms with E-state index in [0.29, 0.717) is 62.9 Å². The zero-order chi connectivity index (χ0) is 33.4.